The standard InChI is InChI=1S/C14H17N5/c1-15-10-2-4-11(5-3-10)18-13-8-14(17-9-16-13)19-12-6-7-12/h2-5,8-9,12,15H,6-7H2,1H3,(H2,16,17,18,19). The van der Waals surface area contributed by atoms with Crippen LogP contribution in [0.25, 0.3) is 0 Å². The monoisotopic (exact) mass is 255 g/mol. The normalized spacial score (nSPS) is 13.9. The Labute approximate surface area is 112 Å². The van der Waals surface area contributed by atoms with Gasteiger partial charge in [-0.1, -0.05) is 0 Å². The number of nitrogens with one attached hydrogen (secondary N) is 3. The lowest BCUT2D eigenvalue weighted by molar-refractivity contribution is 1.08. The van der Waals surface area contributed by atoms with E-state index in [1.807, 2.05) is 37.4 Å². The molecule has 0 aliphatic heterocycles. The van der Waals surface area contributed by atoms with Gasteiger partial charge in [-0.15, -0.1) is 0 Å². The molecule has 98 valence electrons. The summed E-state index contributed by atoms with van der Waals surface area (Å²) in [4.78, 5) is 8.44. The van der Waals surface area contributed by atoms with E-state index < -0.39 is 0 Å². The number of nitrogens with zero attached hydrogens (tertiary/aromatic N) is 2. The molecule has 0 atom stereocenters. The lowest BCUT2D eigenvalue weighted by Gasteiger charge is -2.08. The average molecular weight is 255 g/mol. The molecule has 19 heavy (non-hydrogen) atoms. The molecular weight excluding hydrogens is 238 g/mol. The number of hydrogen-bond donors (Lipinski definition) is 3. The highest BCUT2D eigenvalue weighted by atomic mass is 15.1. The van der Waals surface area contributed by atoms with Crippen LogP contribution >= 0.6 is 0 Å². The second-order valence-corrected chi connectivity index (χ2v) is 4.66. The van der Waals surface area contributed by atoms with Gasteiger partial charge in [-0.25, -0.2) is 9.97 Å². The molecule has 0 radical (unpaired) electrons. The molecule has 0 amide bonds. The van der Waals surface area contributed by atoms with Crippen molar-refractivity contribution in [1.29, 1.82) is 0 Å². The maximum absolute atomic E-state index is 4.23. The largest absolute Gasteiger partial charge is 0.388 e. The fourth-order valence-electron chi connectivity index (χ4n) is 1.81. The lowest BCUT2D eigenvalue weighted by atomic mass is 10.3. The van der Waals surface area contributed by atoms with Crippen molar-refractivity contribution in [2.75, 3.05) is 23.0 Å². The zero-order chi connectivity index (χ0) is 13.1. The molecule has 5 nitrogen and oxygen atoms in total. The quantitative estimate of drug-likeness (QED) is 0.767. The van der Waals surface area contributed by atoms with Crippen molar-refractivity contribution in [3.8, 4) is 0 Å². The molecule has 0 bridgehead atoms. The smallest absolute Gasteiger partial charge is 0.135 e. The summed E-state index contributed by atoms with van der Waals surface area (Å²) < 4.78 is 0. The molecule has 1 heterocycles. The molecule has 1 aromatic carbocycles. The minimum Gasteiger partial charge on any atom is -0.388 e. The molecule has 1 aliphatic rings. The summed E-state index contributed by atoms with van der Waals surface area (Å²) in [5, 5.41) is 9.72. The number of rotatable bonds is 5. The molecule has 1 fully saturated rings. The van der Waals surface area contributed by atoms with E-state index in [9.17, 15) is 0 Å². The van der Waals surface area contributed by atoms with Gasteiger partial charge in [0, 0.05) is 30.5 Å². The molecule has 1 aliphatic carbocycles. The zero-order valence-electron chi connectivity index (χ0n) is 10.9. The van der Waals surface area contributed by atoms with Crippen molar-refractivity contribution in [2.45, 2.75) is 18.9 Å². The summed E-state index contributed by atoms with van der Waals surface area (Å²) in [6.07, 6.45) is 4.05. The Balaban J connectivity index is 1.70. The molecule has 5 heteroatoms. The van der Waals surface area contributed by atoms with Crippen LogP contribution in [0.1, 0.15) is 12.8 Å². The third-order valence-electron chi connectivity index (χ3n) is 3.04. The molecular formula is C14H17N5. The van der Waals surface area contributed by atoms with E-state index in [0.717, 1.165) is 23.0 Å². The summed E-state index contributed by atoms with van der Waals surface area (Å²) in [5.74, 6) is 1.68. The summed E-state index contributed by atoms with van der Waals surface area (Å²) in [6, 6.07) is 10.6. The van der Waals surface area contributed by atoms with Crippen LogP contribution in [0.2, 0.25) is 0 Å². The van der Waals surface area contributed by atoms with E-state index in [1.165, 1.54) is 12.8 Å². The molecule has 0 spiro atoms. The third kappa shape index (κ3) is 3.13. The van der Waals surface area contributed by atoms with Crippen LogP contribution in [-0.2, 0) is 0 Å². The van der Waals surface area contributed by atoms with Crippen LogP contribution in [0.4, 0.5) is 23.0 Å². The highest BCUT2D eigenvalue weighted by Crippen LogP contribution is 2.25. The van der Waals surface area contributed by atoms with E-state index in [0.29, 0.717) is 6.04 Å². The first-order chi connectivity index (χ1) is 9.33. The first-order valence-electron chi connectivity index (χ1n) is 6.47. The Kier molecular flexibility index (Phi) is 3.18. The van der Waals surface area contributed by atoms with Gasteiger partial charge in [-0.3, -0.25) is 0 Å². The molecule has 2 aromatic rings. The summed E-state index contributed by atoms with van der Waals surface area (Å²) in [7, 11) is 1.91. The Morgan fingerprint density at radius 2 is 1.68 bits per heavy atom. The van der Waals surface area contributed by atoms with Crippen LogP contribution in [0, 0.1) is 0 Å². The summed E-state index contributed by atoms with van der Waals surface area (Å²) >= 11 is 0. The highest BCUT2D eigenvalue weighted by molar-refractivity contribution is 5.61. The number of aromatic nitrogens is 2. The van der Waals surface area contributed by atoms with Gasteiger partial charge in [-0.2, -0.15) is 0 Å². The number of anilines is 4. The first kappa shape index (κ1) is 11.8. The van der Waals surface area contributed by atoms with E-state index in [2.05, 4.69) is 25.9 Å². The van der Waals surface area contributed by atoms with Gasteiger partial charge in [0.25, 0.3) is 0 Å². The van der Waals surface area contributed by atoms with Crippen molar-refractivity contribution >= 4 is 23.0 Å². The van der Waals surface area contributed by atoms with E-state index >= 15 is 0 Å². The fraction of sp³-hybridized carbons (Fsp3) is 0.286. The van der Waals surface area contributed by atoms with Crippen LogP contribution in [0.15, 0.2) is 36.7 Å². The van der Waals surface area contributed by atoms with Crippen molar-refractivity contribution in [3.05, 3.63) is 36.7 Å². The van der Waals surface area contributed by atoms with Gasteiger partial charge in [0.1, 0.15) is 18.0 Å². The molecule has 3 rings (SSSR count). The zero-order valence-corrected chi connectivity index (χ0v) is 10.9. The van der Waals surface area contributed by atoms with E-state index in [4.69, 9.17) is 0 Å². The Hall–Kier alpha value is -2.30. The lowest BCUT2D eigenvalue weighted by Crippen LogP contribution is -2.04. The second-order valence-electron chi connectivity index (χ2n) is 4.66. The number of benzene rings is 1. The average Bonchev–Trinajstić information content (AvgIpc) is 3.24. The molecule has 1 saturated carbocycles. The van der Waals surface area contributed by atoms with E-state index in [-0.39, 0.29) is 0 Å². The van der Waals surface area contributed by atoms with E-state index in [1.54, 1.807) is 6.33 Å². The predicted molar refractivity (Wildman–Crippen MR) is 77.9 cm³/mol. The number of hydrogen-bond acceptors (Lipinski definition) is 5. The molecule has 1 aromatic heterocycles. The van der Waals surface area contributed by atoms with Gasteiger partial charge in [0.2, 0.25) is 0 Å². The molecule has 3 N–H and O–H groups in total. The van der Waals surface area contributed by atoms with Crippen LogP contribution in [-0.4, -0.2) is 23.1 Å². The third-order valence-corrected chi connectivity index (χ3v) is 3.04. The van der Waals surface area contributed by atoms with Crippen LogP contribution < -0.4 is 16.0 Å². The van der Waals surface area contributed by atoms with Gasteiger partial charge >= 0.3 is 0 Å². The van der Waals surface area contributed by atoms with Gasteiger partial charge in [0.05, 0.1) is 0 Å². The summed E-state index contributed by atoms with van der Waals surface area (Å²) in [6.45, 7) is 0. The second kappa shape index (κ2) is 5.14. The van der Waals surface area contributed by atoms with Crippen LogP contribution in [0.3, 0.4) is 0 Å². The Morgan fingerprint density at radius 3 is 2.37 bits per heavy atom. The Bertz CT molecular complexity index is 548. The molecule has 0 unspecified atom stereocenters. The van der Waals surface area contributed by atoms with Crippen molar-refractivity contribution in [2.24, 2.45) is 0 Å². The van der Waals surface area contributed by atoms with Crippen molar-refractivity contribution in [1.82, 2.24) is 9.97 Å². The minimum absolute atomic E-state index is 0.595. The topological polar surface area (TPSA) is 61.9 Å². The Morgan fingerprint density at radius 1 is 1.00 bits per heavy atom. The van der Waals surface area contributed by atoms with Crippen molar-refractivity contribution in [3.63, 3.8) is 0 Å². The maximum atomic E-state index is 4.23. The highest BCUT2D eigenvalue weighted by Gasteiger charge is 2.21. The minimum atomic E-state index is 0.595. The van der Waals surface area contributed by atoms with Crippen molar-refractivity contribution < 1.29 is 0 Å². The summed E-state index contributed by atoms with van der Waals surface area (Å²) in [5.41, 5.74) is 2.10. The fourth-order valence-corrected chi connectivity index (χ4v) is 1.81. The molecule has 0 saturated heterocycles. The maximum Gasteiger partial charge on any atom is 0.135 e. The SMILES string of the molecule is CNc1ccc(Nc2cc(NC3CC3)ncn2)cc1. The first-order valence-corrected chi connectivity index (χ1v) is 6.47. The van der Waals surface area contributed by atoms with Gasteiger partial charge < -0.3 is 16.0 Å². The predicted octanol–water partition coefficient (Wildman–Crippen LogP) is 2.84. The van der Waals surface area contributed by atoms with Crippen LogP contribution in [0.5, 0.6) is 0 Å². The van der Waals surface area contributed by atoms with Gasteiger partial charge in [0.15, 0.2) is 0 Å². The van der Waals surface area contributed by atoms with Gasteiger partial charge in [-0.05, 0) is 37.1 Å².